The van der Waals surface area contributed by atoms with Crippen LogP contribution < -0.4 is 5.32 Å². The molecule has 4 nitrogen and oxygen atoms in total. The monoisotopic (exact) mass is 270 g/mol. The van der Waals surface area contributed by atoms with Gasteiger partial charge in [0.15, 0.2) is 0 Å². The summed E-state index contributed by atoms with van der Waals surface area (Å²) in [6.07, 6.45) is 7.32. The zero-order chi connectivity index (χ0) is 13.7. The molecule has 1 saturated carbocycles. The quantitative estimate of drug-likeness (QED) is 0.765. The lowest BCUT2D eigenvalue weighted by Crippen LogP contribution is -2.49. The summed E-state index contributed by atoms with van der Waals surface area (Å²) < 4.78 is 5.44. The zero-order valence-corrected chi connectivity index (χ0v) is 12.5. The summed E-state index contributed by atoms with van der Waals surface area (Å²) in [6, 6.07) is 0.648. The summed E-state index contributed by atoms with van der Waals surface area (Å²) in [7, 11) is 1.82. The van der Waals surface area contributed by atoms with Crippen LogP contribution in [0.25, 0.3) is 0 Å². The first-order chi connectivity index (χ1) is 9.23. The van der Waals surface area contributed by atoms with E-state index in [1.165, 1.54) is 6.42 Å². The van der Waals surface area contributed by atoms with Gasteiger partial charge in [-0.25, -0.2) is 0 Å². The Labute approximate surface area is 117 Å². The number of nitrogens with zero attached hydrogens (tertiary/aromatic N) is 1. The number of rotatable bonds is 6. The summed E-state index contributed by atoms with van der Waals surface area (Å²) >= 11 is 0. The van der Waals surface area contributed by atoms with Crippen LogP contribution in [0.15, 0.2) is 0 Å². The first-order valence-corrected chi connectivity index (χ1v) is 7.86. The van der Waals surface area contributed by atoms with Crippen LogP contribution in [0.1, 0.15) is 45.4 Å². The van der Waals surface area contributed by atoms with Gasteiger partial charge in [0.1, 0.15) is 0 Å². The Morgan fingerprint density at radius 2 is 2.05 bits per heavy atom. The van der Waals surface area contributed by atoms with Crippen LogP contribution in [0.2, 0.25) is 0 Å². The maximum absolute atomic E-state index is 9.74. The Hall–Kier alpha value is -0.160. The van der Waals surface area contributed by atoms with Crippen molar-refractivity contribution in [2.75, 3.05) is 33.4 Å². The van der Waals surface area contributed by atoms with Crippen LogP contribution >= 0.6 is 0 Å². The standard InChI is InChI=1S/C15H30N2O2/c1-3-8-16-15(12-18)7-4-13(11-15)17-9-5-14(19-2)6-10-17/h13-14,16,18H,3-12H2,1-2H3. The van der Waals surface area contributed by atoms with E-state index in [0.29, 0.717) is 12.1 Å². The van der Waals surface area contributed by atoms with Crippen LogP contribution in [0.4, 0.5) is 0 Å². The van der Waals surface area contributed by atoms with Gasteiger partial charge in [0.05, 0.1) is 12.7 Å². The molecule has 2 aliphatic rings. The van der Waals surface area contributed by atoms with E-state index in [1.807, 2.05) is 7.11 Å². The predicted molar refractivity (Wildman–Crippen MR) is 77.4 cm³/mol. The maximum atomic E-state index is 9.74. The van der Waals surface area contributed by atoms with Gasteiger partial charge in [0, 0.05) is 31.8 Å². The SMILES string of the molecule is CCCNC1(CO)CCC(N2CCC(OC)CC2)C1. The molecule has 2 atom stereocenters. The number of likely N-dealkylation sites (tertiary alicyclic amines) is 1. The number of piperidine rings is 1. The van der Waals surface area contributed by atoms with Crippen molar-refractivity contribution in [2.45, 2.75) is 63.1 Å². The third kappa shape index (κ3) is 3.69. The number of methoxy groups -OCH3 is 1. The van der Waals surface area contributed by atoms with Crippen molar-refractivity contribution in [3.63, 3.8) is 0 Å². The van der Waals surface area contributed by atoms with Gasteiger partial charge in [-0.2, -0.15) is 0 Å². The van der Waals surface area contributed by atoms with E-state index < -0.39 is 0 Å². The fourth-order valence-corrected chi connectivity index (χ4v) is 3.64. The highest BCUT2D eigenvalue weighted by molar-refractivity contribution is 5.00. The summed E-state index contributed by atoms with van der Waals surface area (Å²) in [5.41, 5.74) is -0.0151. The molecule has 2 rings (SSSR count). The molecule has 0 aromatic heterocycles. The Kier molecular flexibility index (Phi) is 5.63. The van der Waals surface area contributed by atoms with E-state index in [9.17, 15) is 5.11 Å². The van der Waals surface area contributed by atoms with Gasteiger partial charge < -0.3 is 20.1 Å². The van der Waals surface area contributed by atoms with Crippen molar-refractivity contribution in [1.82, 2.24) is 10.2 Å². The molecule has 1 aliphatic carbocycles. The summed E-state index contributed by atoms with van der Waals surface area (Å²) in [4.78, 5) is 2.61. The molecule has 0 radical (unpaired) electrons. The normalized spacial score (nSPS) is 33.9. The molecule has 2 fully saturated rings. The first-order valence-electron chi connectivity index (χ1n) is 7.86. The van der Waals surface area contributed by atoms with Crippen LogP contribution in [-0.4, -0.2) is 61.0 Å². The van der Waals surface area contributed by atoms with Gasteiger partial charge in [0.2, 0.25) is 0 Å². The van der Waals surface area contributed by atoms with Crippen LogP contribution in [0.3, 0.4) is 0 Å². The Morgan fingerprint density at radius 1 is 1.32 bits per heavy atom. The zero-order valence-electron chi connectivity index (χ0n) is 12.5. The molecule has 0 aromatic carbocycles. The van der Waals surface area contributed by atoms with E-state index >= 15 is 0 Å². The highest BCUT2D eigenvalue weighted by Crippen LogP contribution is 2.34. The molecule has 2 unspecified atom stereocenters. The minimum Gasteiger partial charge on any atom is -0.394 e. The molecule has 1 heterocycles. The lowest BCUT2D eigenvalue weighted by atomic mass is 9.97. The van der Waals surface area contributed by atoms with E-state index in [4.69, 9.17) is 4.74 Å². The second kappa shape index (κ2) is 7.02. The van der Waals surface area contributed by atoms with Crippen molar-refractivity contribution in [3.8, 4) is 0 Å². The molecular weight excluding hydrogens is 240 g/mol. The molecule has 0 amide bonds. The van der Waals surface area contributed by atoms with Gasteiger partial charge in [-0.15, -0.1) is 0 Å². The number of hydrogen-bond donors (Lipinski definition) is 2. The lowest BCUT2D eigenvalue weighted by Gasteiger charge is -2.36. The number of ether oxygens (including phenoxy) is 1. The van der Waals surface area contributed by atoms with E-state index in [2.05, 4.69) is 17.1 Å². The summed E-state index contributed by atoms with van der Waals surface area (Å²) in [5.74, 6) is 0. The molecular formula is C15H30N2O2. The van der Waals surface area contributed by atoms with Crippen LogP contribution in [0, 0.1) is 0 Å². The van der Waals surface area contributed by atoms with Gasteiger partial charge >= 0.3 is 0 Å². The topological polar surface area (TPSA) is 44.7 Å². The van der Waals surface area contributed by atoms with Gasteiger partial charge in [-0.1, -0.05) is 6.92 Å². The van der Waals surface area contributed by atoms with Crippen LogP contribution in [-0.2, 0) is 4.74 Å². The third-order valence-electron chi connectivity index (χ3n) is 4.96. The molecule has 0 aromatic rings. The molecule has 0 spiro atoms. The first kappa shape index (κ1) is 15.2. The molecule has 19 heavy (non-hydrogen) atoms. The molecule has 1 saturated heterocycles. The average molecular weight is 270 g/mol. The molecule has 0 bridgehead atoms. The highest BCUT2D eigenvalue weighted by atomic mass is 16.5. The van der Waals surface area contributed by atoms with Crippen molar-refractivity contribution >= 4 is 0 Å². The summed E-state index contributed by atoms with van der Waals surface area (Å²) in [5, 5.41) is 13.3. The Balaban J connectivity index is 1.83. The second-order valence-electron chi connectivity index (χ2n) is 6.23. The maximum Gasteiger partial charge on any atom is 0.0613 e. The lowest BCUT2D eigenvalue weighted by molar-refractivity contribution is 0.0259. The Bertz CT molecular complexity index is 267. The molecule has 1 aliphatic heterocycles. The molecule has 4 heteroatoms. The molecule has 112 valence electrons. The van der Waals surface area contributed by atoms with Crippen molar-refractivity contribution in [1.29, 1.82) is 0 Å². The van der Waals surface area contributed by atoms with Gasteiger partial charge in [-0.05, 0) is 45.1 Å². The minimum absolute atomic E-state index is 0.0151. The van der Waals surface area contributed by atoms with E-state index in [0.717, 1.165) is 51.7 Å². The van der Waals surface area contributed by atoms with Crippen molar-refractivity contribution < 1.29 is 9.84 Å². The van der Waals surface area contributed by atoms with Gasteiger partial charge in [0.25, 0.3) is 0 Å². The minimum atomic E-state index is -0.0151. The average Bonchev–Trinajstić information content (AvgIpc) is 2.90. The molecule has 2 N–H and O–H groups in total. The van der Waals surface area contributed by atoms with Gasteiger partial charge in [-0.3, -0.25) is 0 Å². The largest absolute Gasteiger partial charge is 0.394 e. The Morgan fingerprint density at radius 3 is 2.63 bits per heavy atom. The van der Waals surface area contributed by atoms with Crippen molar-refractivity contribution in [2.24, 2.45) is 0 Å². The van der Waals surface area contributed by atoms with Crippen molar-refractivity contribution in [3.05, 3.63) is 0 Å². The number of nitrogens with one attached hydrogen (secondary N) is 1. The smallest absolute Gasteiger partial charge is 0.0613 e. The number of aliphatic hydroxyl groups is 1. The second-order valence-corrected chi connectivity index (χ2v) is 6.23. The summed E-state index contributed by atoms with van der Waals surface area (Å²) in [6.45, 7) is 5.77. The van der Waals surface area contributed by atoms with Crippen LogP contribution in [0.5, 0.6) is 0 Å². The number of aliphatic hydroxyl groups excluding tert-OH is 1. The fourth-order valence-electron chi connectivity index (χ4n) is 3.64. The van der Waals surface area contributed by atoms with E-state index in [1.54, 1.807) is 0 Å². The highest BCUT2D eigenvalue weighted by Gasteiger charge is 2.40. The predicted octanol–water partition coefficient (Wildman–Crippen LogP) is 1.38. The fraction of sp³-hybridized carbons (Fsp3) is 1.00. The number of hydrogen-bond acceptors (Lipinski definition) is 4. The van der Waals surface area contributed by atoms with E-state index in [-0.39, 0.29) is 12.1 Å². The third-order valence-corrected chi connectivity index (χ3v) is 4.96.